The van der Waals surface area contributed by atoms with Crippen LogP contribution < -0.4 is 5.73 Å². The molecule has 2 nitrogen and oxygen atoms in total. The summed E-state index contributed by atoms with van der Waals surface area (Å²) in [5.41, 5.74) is 5.83. The van der Waals surface area contributed by atoms with Crippen molar-refractivity contribution in [3.8, 4) is 0 Å². The molecule has 0 saturated heterocycles. The highest BCUT2D eigenvalue weighted by atomic mass is 79.9. The molecule has 1 rings (SSSR count). The molecule has 0 bridgehead atoms. The van der Waals surface area contributed by atoms with E-state index in [1.807, 2.05) is 0 Å². The van der Waals surface area contributed by atoms with Gasteiger partial charge in [0.1, 0.15) is 0 Å². The first kappa shape index (κ1) is 8.62. The van der Waals surface area contributed by atoms with Crippen LogP contribution in [-0.4, -0.2) is 11.5 Å². The summed E-state index contributed by atoms with van der Waals surface area (Å²) in [6.45, 7) is 0.432. The van der Waals surface area contributed by atoms with Gasteiger partial charge in [0.15, 0.2) is 0 Å². The average Bonchev–Trinajstić information content (AvgIpc) is 1.97. The fraction of sp³-hybridized carbons (Fsp3) is 0.286. The summed E-state index contributed by atoms with van der Waals surface area (Å²) in [6.07, 6.45) is 1.93. The summed E-state index contributed by atoms with van der Waals surface area (Å²) < 4.78 is 13.6. The van der Waals surface area contributed by atoms with Gasteiger partial charge in [0.2, 0.25) is 5.95 Å². The minimum absolute atomic E-state index is 0.432. The van der Waals surface area contributed by atoms with E-state index in [2.05, 4.69) is 20.9 Å². The van der Waals surface area contributed by atoms with Crippen LogP contribution in [0.1, 0.15) is 5.56 Å². The summed E-state index contributed by atoms with van der Waals surface area (Å²) in [7, 11) is 0. The van der Waals surface area contributed by atoms with Crippen molar-refractivity contribution in [3.63, 3.8) is 0 Å². The molecule has 0 spiro atoms. The van der Waals surface area contributed by atoms with E-state index in [0.717, 1.165) is 4.47 Å². The Labute approximate surface area is 72.8 Å². The van der Waals surface area contributed by atoms with Gasteiger partial charge in [0, 0.05) is 16.2 Å². The Hall–Kier alpha value is -0.480. The van der Waals surface area contributed by atoms with E-state index in [1.54, 1.807) is 6.07 Å². The summed E-state index contributed by atoms with van der Waals surface area (Å²) in [4.78, 5) is 3.51. The molecular weight excluding hydrogens is 211 g/mol. The van der Waals surface area contributed by atoms with Crippen molar-refractivity contribution in [3.05, 3.63) is 28.2 Å². The van der Waals surface area contributed by atoms with E-state index in [4.69, 9.17) is 5.73 Å². The molecule has 0 aliphatic heterocycles. The Morgan fingerprint density at radius 2 is 2.36 bits per heavy atom. The molecule has 0 saturated carbocycles. The zero-order valence-corrected chi connectivity index (χ0v) is 7.44. The fourth-order valence-electron chi connectivity index (χ4n) is 0.812. The van der Waals surface area contributed by atoms with E-state index in [-0.39, 0.29) is 0 Å². The van der Waals surface area contributed by atoms with Gasteiger partial charge in [-0.25, -0.2) is 4.98 Å². The molecule has 1 aromatic heterocycles. The first-order chi connectivity index (χ1) is 5.25. The lowest BCUT2D eigenvalue weighted by atomic mass is 10.2. The number of aromatic nitrogens is 1. The van der Waals surface area contributed by atoms with Gasteiger partial charge in [-0.3, -0.25) is 0 Å². The lowest BCUT2D eigenvalue weighted by Crippen LogP contribution is -2.06. The number of pyridine rings is 1. The van der Waals surface area contributed by atoms with Crippen molar-refractivity contribution in [2.75, 3.05) is 6.54 Å². The molecular formula is C7H8BrFN2. The first-order valence-electron chi connectivity index (χ1n) is 3.24. The summed E-state index contributed by atoms with van der Waals surface area (Å²) in [6, 6.07) is 1.70. The molecule has 11 heavy (non-hydrogen) atoms. The standard InChI is InChI=1S/C7H8BrFN2/c8-6-2-4-11-7(9)5(6)1-3-10/h2,4H,1,3,10H2. The molecule has 0 aliphatic carbocycles. The zero-order chi connectivity index (χ0) is 8.27. The molecule has 60 valence electrons. The Kier molecular flexibility index (Phi) is 2.96. The Balaban J connectivity index is 3.00. The van der Waals surface area contributed by atoms with Crippen molar-refractivity contribution >= 4 is 15.9 Å². The highest BCUT2D eigenvalue weighted by Gasteiger charge is 2.05. The molecule has 0 atom stereocenters. The fourth-order valence-corrected chi connectivity index (χ4v) is 1.29. The number of hydrogen-bond acceptors (Lipinski definition) is 2. The van der Waals surface area contributed by atoms with Gasteiger partial charge in [-0.05, 0) is 19.0 Å². The van der Waals surface area contributed by atoms with Gasteiger partial charge in [0.25, 0.3) is 0 Å². The lowest BCUT2D eigenvalue weighted by Gasteiger charge is -2.01. The number of halogens is 2. The minimum atomic E-state index is -0.440. The van der Waals surface area contributed by atoms with Crippen LogP contribution in [0.4, 0.5) is 4.39 Å². The molecule has 4 heteroatoms. The predicted molar refractivity (Wildman–Crippen MR) is 44.7 cm³/mol. The maximum Gasteiger partial charge on any atom is 0.217 e. The van der Waals surface area contributed by atoms with Gasteiger partial charge in [-0.1, -0.05) is 15.9 Å². The number of hydrogen-bond donors (Lipinski definition) is 1. The van der Waals surface area contributed by atoms with Gasteiger partial charge in [0.05, 0.1) is 0 Å². The van der Waals surface area contributed by atoms with Crippen LogP contribution in [-0.2, 0) is 6.42 Å². The number of rotatable bonds is 2. The second kappa shape index (κ2) is 3.78. The number of nitrogens with zero attached hydrogens (tertiary/aromatic N) is 1. The van der Waals surface area contributed by atoms with Gasteiger partial charge in [-0.15, -0.1) is 0 Å². The van der Waals surface area contributed by atoms with E-state index in [1.165, 1.54) is 6.20 Å². The van der Waals surface area contributed by atoms with E-state index in [0.29, 0.717) is 18.5 Å². The highest BCUT2D eigenvalue weighted by Crippen LogP contribution is 2.17. The lowest BCUT2D eigenvalue weighted by molar-refractivity contribution is 0.565. The molecule has 0 aromatic carbocycles. The van der Waals surface area contributed by atoms with Crippen molar-refractivity contribution in [1.82, 2.24) is 4.98 Å². The molecule has 0 aliphatic rings. The molecule has 1 heterocycles. The Morgan fingerprint density at radius 1 is 1.64 bits per heavy atom. The summed E-state index contributed by atoms with van der Waals surface area (Å²) >= 11 is 3.21. The Morgan fingerprint density at radius 3 is 2.91 bits per heavy atom. The number of nitrogens with two attached hydrogens (primary N) is 1. The van der Waals surface area contributed by atoms with Crippen molar-refractivity contribution in [1.29, 1.82) is 0 Å². The molecule has 1 aromatic rings. The zero-order valence-electron chi connectivity index (χ0n) is 5.85. The van der Waals surface area contributed by atoms with Gasteiger partial charge < -0.3 is 5.73 Å². The van der Waals surface area contributed by atoms with Crippen LogP contribution in [0.3, 0.4) is 0 Å². The molecule has 2 N–H and O–H groups in total. The largest absolute Gasteiger partial charge is 0.330 e. The van der Waals surface area contributed by atoms with Crippen LogP contribution >= 0.6 is 15.9 Å². The van der Waals surface area contributed by atoms with Gasteiger partial charge >= 0.3 is 0 Å². The second-order valence-corrected chi connectivity index (χ2v) is 2.96. The van der Waals surface area contributed by atoms with E-state index < -0.39 is 5.95 Å². The average molecular weight is 219 g/mol. The molecule has 0 fully saturated rings. The SMILES string of the molecule is NCCc1c(Br)ccnc1F. The highest BCUT2D eigenvalue weighted by molar-refractivity contribution is 9.10. The topological polar surface area (TPSA) is 38.9 Å². The van der Waals surface area contributed by atoms with Crippen molar-refractivity contribution in [2.24, 2.45) is 5.73 Å². The Bertz CT molecular complexity index is 232. The maximum absolute atomic E-state index is 12.8. The second-order valence-electron chi connectivity index (χ2n) is 2.10. The van der Waals surface area contributed by atoms with Crippen LogP contribution in [0, 0.1) is 5.95 Å². The van der Waals surface area contributed by atoms with Crippen molar-refractivity contribution < 1.29 is 4.39 Å². The molecule has 0 amide bonds. The monoisotopic (exact) mass is 218 g/mol. The normalized spacial score (nSPS) is 10.1. The van der Waals surface area contributed by atoms with Crippen LogP contribution in [0.5, 0.6) is 0 Å². The summed E-state index contributed by atoms with van der Waals surface area (Å²) in [5.74, 6) is -0.440. The predicted octanol–water partition coefficient (Wildman–Crippen LogP) is 1.48. The third-order valence-electron chi connectivity index (χ3n) is 1.34. The minimum Gasteiger partial charge on any atom is -0.330 e. The molecule has 0 radical (unpaired) electrons. The third kappa shape index (κ3) is 1.97. The van der Waals surface area contributed by atoms with Crippen LogP contribution in [0.15, 0.2) is 16.7 Å². The first-order valence-corrected chi connectivity index (χ1v) is 4.04. The van der Waals surface area contributed by atoms with E-state index in [9.17, 15) is 4.39 Å². The molecule has 0 unspecified atom stereocenters. The van der Waals surface area contributed by atoms with Gasteiger partial charge in [-0.2, -0.15) is 4.39 Å². The summed E-state index contributed by atoms with van der Waals surface area (Å²) in [5, 5.41) is 0. The maximum atomic E-state index is 12.8. The third-order valence-corrected chi connectivity index (χ3v) is 2.08. The smallest absolute Gasteiger partial charge is 0.217 e. The quantitative estimate of drug-likeness (QED) is 0.765. The van der Waals surface area contributed by atoms with Crippen molar-refractivity contribution in [2.45, 2.75) is 6.42 Å². The van der Waals surface area contributed by atoms with Crippen LogP contribution in [0.25, 0.3) is 0 Å². The van der Waals surface area contributed by atoms with E-state index >= 15 is 0 Å². The van der Waals surface area contributed by atoms with Crippen LogP contribution in [0.2, 0.25) is 0 Å².